The summed E-state index contributed by atoms with van der Waals surface area (Å²) in [4.78, 5) is 2.46. The van der Waals surface area contributed by atoms with Crippen LogP contribution in [-0.2, 0) is 13.0 Å². The van der Waals surface area contributed by atoms with Gasteiger partial charge in [-0.3, -0.25) is 4.90 Å². The fourth-order valence-corrected chi connectivity index (χ4v) is 3.79. The first-order valence-corrected chi connectivity index (χ1v) is 7.89. The quantitative estimate of drug-likeness (QED) is 0.611. The van der Waals surface area contributed by atoms with Crippen LogP contribution < -0.4 is 4.74 Å². The van der Waals surface area contributed by atoms with E-state index in [9.17, 15) is 0 Å². The highest BCUT2D eigenvalue weighted by molar-refractivity contribution is 5.87. The van der Waals surface area contributed by atoms with Gasteiger partial charge < -0.3 is 4.74 Å². The fourth-order valence-electron chi connectivity index (χ4n) is 3.79. The SMILES string of the molecule is c1ccc2c(c1)CCN1Cc3c(ccc4ccccc34)OC21. The minimum absolute atomic E-state index is 0.0682. The molecule has 2 heterocycles. The lowest BCUT2D eigenvalue weighted by atomic mass is 9.95. The largest absolute Gasteiger partial charge is 0.471 e. The number of nitrogens with zero attached hydrogens (tertiary/aromatic N) is 1. The Morgan fingerprint density at radius 2 is 1.77 bits per heavy atom. The van der Waals surface area contributed by atoms with E-state index in [-0.39, 0.29) is 6.23 Å². The highest BCUT2D eigenvalue weighted by atomic mass is 16.5. The standard InChI is InChI=1S/C20H17NO/c1-3-7-16-14(5-1)9-10-19-18(16)13-21-12-11-15-6-2-4-8-17(15)20(21)22-19/h1-10,20H,11-13H2. The van der Waals surface area contributed by atoms with Crippen LogP contribution in [0.25, 0.3) is 10.8 Å². The third-order valence-corrected chi connectivity index (χ3v) is 4.92. The number of hydrogen-bond donors (Lipinski definition) is 0. The molecule has 108 valence electrons. The summed E-state index contributed by atoms with van der Waals surface area (Å²) in [5.74, 6) is 1.04. The van der Waals surface area contributed by atoms with Crippen molar-refractivity contribution in [2.75, 3.05) is 6.54 Å². The minimum atomic E-state index is 0.0682. The Balaban J connectivity index is 1.65. The average molecular weight is 287 g/mol. The second kappa shape index (κ2) is 4.59. The molecule has 0 fully saturated rings. The van der Waals surface area contributed by atoms with E-state index in [0.29, 0.717) is 0 Å². The minimum Gasteiger partial charge on any atom is -0.471 e. The van der Waals surface area contributed by atoms with Crippen LogP contribution in [0.4, 0.5) is 0 Å². The van der Waals surface area contributed by atoms with Crippen molar-refractivity contribution in [3.8, 4) is 5.75 Å². The number of ether oxygens (including phenoxy) is 1. The molecule has 0 aromatic heterocycles. The summed E-state index contributed by atoms with van der Waals surface area (Å²) >= 11 is 0. The van der Waals surface area contributed by atoms with Gasteiger partial charge in [0.25, 0.3) is 0 Å². The third kappa shape index (κ3) is 1.71. The van der Waals surface area contributed by atoms with Crippen molar-refractivity contribution in [1.82, 2.24) is 4.90 Å². The fraction of sp³-hybridized carbons (Fsp3) is 0.200. The van der Waals surface area contributed by atoms with Crippen molar-refractivity contribution >= 4 is 10.8 Å². The molecular weight excluding hydrogens is 270 g/mol. The Morgan fingerprint density at radius 3 is 2.77 bits per heavy atom. The molecular formula is C20H17NO. The van der Waals surface area contributed by atoms with Gasteiger partial charge in [-0.05, 0) is 28.8 Å². The smallest absolute Gasteiger partial charge is 0.179 e. The molecule has 22 heavy (non-hydrogen) atoms. The first-order chi connectivity index (χ1) is 10.9. The second-order valence-electron chi connectivity index (χ2n) is 6.15. The maximum absolute atomic E-state index is 6.40. The van der Waals surface area contributed by atoms with Crippen molar-refractivity contribution in [3.63, 3.8) is 0 Å². The third-order valence-electron chi connectivity index (χ3n) is 4.92. The Labute approximate surface area is 129 Å². The molecule has 0 aliphatic carbocycles. The predicted molar refractivity (Wildman–Crippen MR) is 87.9 cm³/mol. The van der Waals surface area contributed by atoms with Gasteiger partial charge in [0.05, 0.1) is 0 Å². The first-order valence-electron chi connectivity index (χ1n) is 7.89. The van der Waals surface area contributed by atoms with Crippen LogP contribution in [0.1, 0.15) is 22.9 Å². The van der Waals surface area contributed by atoms with Crippen molar-refractivity contribution in [2.45, 2.75) is 19.2 Å². The van der Waals surface area contributed by atoms with Crippen molar-refractivity contribution in [2.24, 2.45) is 0 Å². The van der Waals surface area contributed by atoms with Crippen LogP contribution >= 0.6 is 0 Å². The van der Waals surface area contributed by atoms with Gasteiger partial charge in [0, 0.05) is 24.2 Å². The molecule has 2 aliphatic rings. The predicted octanol–water partition coefficient (Wildman–Crippen LogP) is 4.29. The summed E-state index contributed by atoms with van der Waals surface area (Å²) in [7, 11) is 0. The van der Waals surface area contributed by atoms with Gasteiger partial charge >= 0.3 is 0 Å². The number of benzene rings is 3. The zero-order valence-corrected chi connectivity index (χ0v) is 12.3. The van der Waals surface area contributed by atoms with Gasteiger partial charge in [-0.2, -0.15) is 0 Å². The van der Waals surface area contributed by atoms with Crippen molar-refractivity contribution in [3.05, 3.63) is 77.4 Å². The van der Waals surface area contributed by atoms with Crippen molar-refractivity contribution < 1.29 is 4.74 Å². The number of rotatable bonds is 0. The normalized spacial score (nSPS) is 19.9. The molecule has 1 atom stereocenters. The molecule has 5 rings (SSSR count). The number of fused-ring (bicyclic) bond motifs is 6. The van der Waals surface area contributed by atoms with Crippen LogP contribution in [0.3, 0.4) is 0 Å². The van der Waals surface area contributed by atoms with E-state index < -0.39 is 0 Å². The molecule has 0 N–H and O–H groups in total. The molecule has 2 heteroatoms. The van der Waals surface area contributed by atoms with Crippen LogP contribution in [0.5, 0.6) is 5.75 Å². The maximum atomic E-state index is 6.40. The average Bonchev–Trinajstić information content (AvgIpc) is 2.60. The van der Waals surface area contributed by atoms with E-state index in [1.165, 1.54) is 27.5 Å². The van der Waals surface area contributed by atoms with Gasteiger partial charge in [-0.15, -0.1) is 0 Å². The van der Waals surface area contributed by atoms with Gasteiger partial charge in [-0.1, -0.05) is 54.6 Å². The van der Waals surface area contributed by atoms with Crippen LogP contribution in [-0.4, -0.2) is 11.4 Å². The van der Waals surface area contributed by atoms with E-state index in [1.54, 1.807) is 0 Å². The number of hydrogen-bond acceptors (Lipinski definition) is 2. The molecule has 0 saturated heterocycles. The molecule has 0 spiro atoms. The van der Waals surface area contributed by atoms with Crippen LogP contribution in [0.15, 0.2) is 60.7 Å². The van der Waals surface area contributed by atoms with E-state index in [1.807, 2.05) is 0 Å². The highest BCUT2D eigenvalue weighted by Crippen LogP contribution is 2.41. The monoisotopic (exact) mass is 287 g/mol. The molecule has 1 unspecified atom stereocenters. The zero-order valence-electron chi connectivity index (χ0n) is 12.3. The summed E-state index contributed by atoms with van der Waals surface area (Å²) in [5.41, 5.74) is 4.08. The lowest BCUT2D eigenvalue weighted by Crippen LogP contribution is -2.40. The maximum Gasteiger partial charge on any atom is 0.179 e. The first kappa shape index (κ1) is 12.2. The van der Waals surface area contributed by atoms with E-state index in [0.717, 1.165) is 25.3 Å². The summed E-state index contributed by atoms with van der Waals surface area (Å²) in [6.07, 6.45) is 1.18. The lowest BCUT2D eigenvalue weighted by molar-refractivity contribution is -0.00953. The molecule has 2 aliphatic heterocycles. The topological polar surface area (TPSA) is 12.5 Å². The Kier molecular flexibility index (Phi) is 2.55. The second-order valence-corrected chi connectivity index (χ2v) is 6.15. The molecule has 2 nitrogen and oxygen atoms in total. The molecule has 0 radical (unpaired) electrons. The van der Waals surface area contributed by atoms with Gasteiger partial charge in [-0.25, -0.2) is 0 Å². The summed E-state index contributed by atoms with van der Waals surface area (Å²) in [6.45, 7) is 2.03. The van der Waals surface area contributed by atoms with Gasteiger partial charge in [0.2, 0.25) is 0 Å². The summed E-state index contributed by atoms with van der Waals surface area (Å²) in [6, 6.07) is 21.6. The lowest BCUT2D eigenvalue weighted by Gasteiger charge is -2.41. The van der Waals surface area contributed by atoms with E-state index in [2.05, 4.69) is 65.6 Å². The molecule has 0 amide bonds. The Bertz CT molecular complexity index is 870. The summed E-state index contributed by atoms with van der Waals surface area (Å²) < 4.78 is 6.40. The zero-order chi connectivity index (χ0) is 14.5. The van der Waals surface area contributed by atoms with E-state index >= 15 is 0 Å². The summed E-state index contributed by atoms with van der Waals surface area (Å²) in [5, 5.41) is 2.61. The Hall–Kier alpha value is -2.32. The van der Waals surface area contributed by atoms with Gasteiger partial charge in [0.1, 0.15) is 5.75 Å². The van der Waals surface area contributed by atoms with Crippen molar-refractivity contribution in [1.29, 1.82) is 0 Å². The molecule has 0 saturated carbocycles. The van der Waals surface area contributed by atoms with E-state index in [4.69, 9.17) is 4.74 Å². The molecule has 3 aromatic carbocycles. The molecule has 0 bridgehead atoms. The Morgan fingerprint density at radius 1 is 0.909 bits per heavy atom. The van der Waals surface area contributed by atoms with Crippen LogP contribution in [0.2, 0.25) is 0 Å². The van der Waals surface area contributed by atoms with Gasteiger partial charge in [0.15, 0.2) is 6.23 Å². The molecule has 3 aromatic rings. The van der Waals surface area contributed by atoms with Crippen LogP contribution in [0, 0.1) is 0 Å². The highest BCUT2D eigenvalue weighted by Gasteiger charge is 2.33.